The Balaban J connectivity index is 1.68. The second-order valence-electron chi connectivity index (χ2n) is 5.99. The van der Waals surface area contributed by atoms with Gasteiger partial charge in [-0.2, -0.15) is 5.10 Å². The number of halogens is 1. The number of amides is 1. The number of hydrogen-bond acceptors (Lipinski definition) is 4. The molecule has 0 spiro atoms. The number of nitrogens with one attached hydrogen (secondary N) is 1. The van der Waals surface area contributed by atoms with Crippen LogP contribution >= 0.6 is 34.7 Å². The molecule has 2 aromatic carbocycles. The summed E-state index contributed by atoms with van der Waals surface area (Å²) in [5, 5.41) is 9.24. The predicted octanol–water partition coefficient (Wildman–Crippen LogP) is 5.93. The SMILES string of the molecule is CSc1cccc(NC(=O)c2cc3c(-c4ccc(Cl)cc4)nn(C)c3s2)c1. The van der Waals surface area contributed by atoms with Gasteiger partial charge in [0.15, 0.2) is 0 Å². The van der Waals surface area contributed by atoms with Crippen LogP contribution in [-0.2, 0) is 7.05 Å². The molecule has 0 aliphatic rings. The lowest BCUT2D eigenvalue weighted by Crippen LogP contribution is -2.10. The maximum atomic E-state index is 12.7. The van der Waals surface area contributed by atoms with Gasteiger partial charge in [-0.15, -0.1) is 23.1 Å². The fourth-order valence-electron chi connectivity index (χ4n) is 2.87. The first-order chi connectivity index (χ1) is 13.0. The van der Waals surface area contributed by atoms with Crippen LogP contribution in [0.4, 0.5) is 5.69 Å². The van der Waals surface area contributed by atoms with Crippen LogP contribution < -0.4 is 5.32 Å². The van der Waals surface area contributed by atoms with Crippen molar-refractivity contribution in [2.75, 3.05) is 11.6 Å². The lowest BCUT2D eigenvalue weighted by molar-refractivity contribution is 0.103. The standard InChI is InChI=1S/C20H16ClN3OS2/c1-24-20-16(18(23-24)12-6-8-13(21)9-7-12)11-17(27-20)19(25)22-14-4-3-5-15(10-14)26-2/h3-11H,1-2H3,(H,22,25). The molecule has 7 heteroatoms. The lowest BCUT2D eigenvalue weighted by atomic mass is 10.1. The molecule has 136 valence electrons. The molecule has 4 rings (SSSR count). The molecule has 1 N–H and O–H groups in total. The summed E-state index contributed by atoms with van der Waals surface area (Å²) in [6.07, 6.45) is 2.01. The molecule has 27 heavy (non-hydrogen) atoms. The summed E-state index contributed by atoms with van der Waals surface area (Å²) in [5.41, 5.74) is 2.62. The first-order valence-electron chi connectivity index (χ1n) is 8.23. The molecule has 0 atom stereocenters. The van der Waals surface area contributed by atoms with Crippen LogP contribution in [0.3, 0.4) is 0 Å². The Hall–Kier alpha value is -2.28. The van der Waals surface area contributed by atoms with Gasteiger partial charge in [-0.1, -0.05) is 29.8 Å². The number of carbonyl (C=O) groups is 1. The Morgan fingerprint density at radius 3 is 2.70 bits per heavy atom. The topological polar surface area (TPSA) is 46.9 Å². The third-order valence-electron chi connectivity index (χ3n) is 4.18. The second-order valence-corrected chi connectivity index (χ2v) is 8.34. The molecular weight excluding hydrogens is 398 g/mol. The molecular formula is C20H16ClN3OS2. The average Bonchev–Trinajstić information content (AvgIpc) is 3.24. The van der Waals surface area contributed by atoms with Gasteiger partial charge in [0.25, 0.3) is 5.91 Å². The first kappa shape index (κ1) is 18.1. The highest BCUT2D eigenvalue weighted by Crippen LogP contribution is 2.34. The van der Waals surface area contributed by atoms with Crippen molar-refractivity contribution in [2.24, 2.45) is 7.05 Å². The van der Waals surface area contributed by atoms with Crippen LogP contribution in [0.15, 0.2) is 59.5 Å². The van der Waals surface area contributed by atoms with E-state index in [4.69, 9.17) is 11.6 Å². The third kappa shape index (κ3) is 3.60. The molecule has 0 bridgehead atoms. The quantitative estimate of drug-likeness (QED) is 0.422. The van der Waals surface area contributed by atoms with E-state index in [9.17, 15) is 4.79 Å². The van der Waals surface area contributed by atoms with Crippen LogP contribution in [0, 0.1) is 0 Å². The van der Waals surface area contributed by atoms with E-state index in [1.165, 1.54) is 11.3 Å². The van der Waals surface area contributed by atoms with Gasteiger partial charge in [-0.25, -0.2) is 0 Å². The number of hydrogen-bond donors (Lipinski definition) is 1. The normalized spacial score (nSPS) is 11.1. The highest BCUT2D eigenvalue weighted by atomic mass is 35.5. The molecule has 2 heterocycles. The molecule has 2 aromatic heterocycles. The summed E-state index contributed by atoms with van der Waals surface area (Å²) in [6, 6.07) is 17.3. The van der Waals surface area contributed by atoms with E-state index in [1.54, 1.807) is 11.8 Å². The fourth-order valence-corrected chi connectivity index (χ4v) is 4.42. The van der Waals surface area contributed by atoms with Crippen molar-refractivity contribution in [3.05, 3.63) is 64.5 Å². The van der Waals surface area contributed by atoms with Gasteiger partial charge in [0.2, 0.25) is 0 Å². The minimum atomic E-state index is -0.114. The number of fused-ring (bicyclic) bond motifs is 1. The van der Waals surface area contributed by atoms with Gasteiger partial charge in [0, 0.05) is 33.6 Å². The number of carbonyl (C=O) groups excluding carboxylic acids is 1. The van der Waals surface area contributed by atoms with E-state index in [-0.39, 0.29) is 5.91 Å². The number of benzene rings is 2. The van der Waals surface area contributed by atoms with Gasteiger partial charge >= 0.3 is 0 Å². The third-order valence-corrected chi connectivity index (χ3v) is 6.36. The lowest BCUT2D eigenvalue weighted by Gasteiger charge is -2.05. The average molecular weight is 414 g/mol. The van der Waals surface area contributed by atoms with Gasteiger partial charge < -0.3 is 5.32 Å². The first-order valence-corrected chi connectivity index (χ1v) is 10.6. The Morgan fingerprint density at radius 1 is 1.19 bits per heavy atom. The van der Waals surface area contributed by atoms with E-state index in [2.05, 4.69) is 10.4 Å². The van der Waals surface area contributed by atoms with Gasteiger partial charge in [-0.05, 0) is 42.7 Å². The maximum Gasteiger partial charge on any atom is 0.265 e. The Morgan fingerprint density at radius 2 is 1.96 bits per heavy atom. The molecule has 0 aliphatic heterocycles. The van der Waals surface area contributed by atoms with Crippen molar-refractivity contribution >= 4 is 56.5 Å². The van der Waals surface area contributed by atoms with Crippen molar-refractivity contribution in [1.29, 1.82) is 0 Å². The smallest absolute Gasteiger partial charge is 0.265 e. The van der Waals surface area contributed by atoms with Gasteiger partial charge in [0.05, 0.1) is 4.88 Å². The number of nitrogens with zero attached hydrogens (tertiary/aromatic N) is 2. The molecule has 0 radical (unpaired) electrons. The summed E-state index contributed by atoms with van der Waals surface area (Å²) in [6.45, 7) is 0. The monoisotopic (exact) mass is 413 g/mol. The zero-order valence-corrected chi connectivity index (χ0v) is 17.1. The Kier molecular flexibility index (Phi) is 4.95. The van der Waals surface area contributed by atoms with Crippen molar-refractivity contribution in [2.45, 2.75) is 4.90 Å². The molecule has 0 saturated carbocycles. The highest BCUT2D eigenvalue weighted by Gasteiger charge is 2.18. The zero-order valence-electron chi connectivity index (χ0n) is 14.7. The van der Waals surface area contributed by atoms with Crippen LogP contribution in [-0.4, -0.2) is 21.9 Å². The minimum absolute atomic E-state index is 0.114. The van der Waals surface area contributed by atoms with Gasteiger partial charge in [-0.3, -0.25) is 9.48 Å². The predicted molar refractivity (Wildman–Crippen MR) is 115 cm³/mol. The zero-order chi connectivity index (χ0) is 19.0. The molecule has 0 unspecified atom stereocenters. The summed E-state index contributed by atoms with van der Waals surface area (Å²) in [5.74, 6) is -0.114. The van der Waals surface area contributed by atoms with Gasteiger partial charge in [0.1, 0.15) is 10.5 Å². The molecule has 0 saturated heterocycles. The fraction of sp³-hybridized carbons (Fsp3) is 0.100. The van der Waals surface area contributed by atoms with Crippen molar-refractivity contribution in [1.82, 2.24) is 9.78 Å². The van der Waals surface area contributed by atoms with E-state index in [0.717, 1.165) is 32.1 Å². The highest BCUT2D eigenvalue weighted by molar-refractivity contribution is 7.98. The van der Waals surface area contributed by atoms with Crippen molar-refractivity contribution in [3.63, 3.8) is 0 Å². The van der Waals surface area contributed by atoms with Crippen LogP contribution in [0.1, 0.15) is 9.67 Å². The summed E-state index contributed by atoms with van der Waals surface area (Å²) in [4.78, 5) is 15.5. The van der Waals surface area contributed by atoms with Crippen LogP contribution in [0.2, 0.25) is 5.02 Å². The van der Waals surface area contributed by atoms with E-state index in [1.807, 2.05) is 72.6 Å². The number of anilines is 1. The second kappa shape index (κ2) is 7.38. The Labute approximate surface area is 170 Å². The molecule has 4 aromatic rings. The van der Waals surface area contributed by atoms with Crippen molar-refractivity contribution < 1.29 is 4.79 Å². The molecule has 0 aliphatic carbocycles. The van der Waals surface area contributed by atoms with Crippen molar-refractivity contribution in [3.8, 4) is 11.3 Å². The molecule has 1 amide bonds. The van der Waals surface area contributed by atoms with E-state index < -0.39 is 0 Å². The number of rotatable bonds is 4. The number of aryl methyl sites for hydroxylation is 1. The molecule has 0 fully saturated rings. The minimum Gasteiger partial charge on any atom is -0.321 e. The maximum absolute atomic E-state index is 12.7. The summed E-state index contributed by atoms with van der Waals surface area (Å²) < 4.78 is 1.81. The largest absolute Gasteiger partial charge is 0.321 e. The number of thiophene rings is 1. The number of aromatic nitrogens is 2. The number of thioether (sulfide) groups is 1. The summed E-state index contributed by atoms with van der Waals surface area (Å²) >= 11 is 9.07. The molecule has 4 nitrogen and oxygen atoms in total. The van der Waals surface area contributed by atoms with E-state index in [0.29, 0.717) is 9.90 Å². The van der Waals surface area contributed by atoms with Crippen LogP contribution in [0.25, 0.3) is 21.5 Å². The van der Waals surface area contributed by atoms with Crippen LogP contribution in [0.5, 0.6) is 0 Å². The summed E-state index contributed by atoms with van der Waals surface area (Å²) in [7, 11) is 1.89. The van der Waals surface area contributed by atoms with E-state index >= 15 is 0 Å². The Bertz CT molecular complexity index is 1130.